The number of ether oxygens (including phenoxy) is 2. The van der Waals surface area contributed by atoms with Gasteiger partial charge in [-0.05, 0) is 31.5 Å². The Labute approximate surface area is 114 Å². The van der Waals surface area contributed by atoms with Crippen LogP contribution in [-0.4, -0.2) is 37.6 Å². The van der Waals surface area contributed by atoms with Gasteiger partial charge in [-0.1, -0.05) is 12.1 Å². The summed E-state index contributed by atoms with van der Waals surface area (Å²) in [5.74, 6) is 0.901. The van der Waals surface area contributed by atoms with E-state index in [0.717, 1.165) is 18.8 Å². The molecule has 0 amide bonds. The number of hydrogen-bond acceptors (Lipinski definition) is 4. The molecule has 0 saturated carbocycles. The first-order valence-electron chi connectivity index (χ1n) is 6.78. The Morgan fingerprint density at radius 2 is 2.00 bits per heavy atom. The molecule has 0 aromatic heterocycles. The zero-order valence-corrected chi connectivity index (χ0v) is 11.7. The third-order valence-electron chi connectivity index (χ3n) is 3.28. The molecule has 2 N–H and O–H groups in total. The average molecular weight is 265 g/mol. The minimum absolute atomic E-state index is 0.0688. The third-order valence-corrected chi connectivity index (χ3v) is 3.28. The second kappa shape index (κ2) is 6.37. The highest BCUT2D eigenvalue weighted by molar-refractivity contribution is 5.27. The van der Waals surface area contributed by atoms with E-state index in [2.05, 4.69) is 17.4 Å². The van der Waals surface area contributed by atoms with Gasteiger partial charge in [-0.3, -0.25) is 0 Å². The number of aliphatic hydroxyl groups excluding tert-OH is 1. The van der Waals surface area contributed by atoms with E-state index < -0.39 is 0 Å². The molecule has 2 rings (SSSR count). The molecule has 1 aromatic carbocycles. The average Bonchev–Trinajstić information content (AvgIpc) is 2.34. The molecule has 0 radical (unpaired) electrons. The van der Waals surface area contributed by atoms with Crippen molar-refractivity contribution in [2.75, 3.05) is 26.4 Å². The molecule has 0 bridgehead atoms. The maximum Gasteiger partial charge on any atom is 0.119 e. The Bertz CT molecular complexity index is 379. The lowest BCUT2D eigenvalue weighted by molar-refractivity contribution is -0.134. The first-order chi connectivity index (χ1) is 9.13. The van der Waals surface area contributed by atoms with Crippen molar-refractivity contribution < 1.29 is 14.6 Å². The molecule has 0 atom stereocenters. The number of rotatable bonds is 7. The molecule has 0 spiro atoms. The fourth-order valence-corrected chi connectivity index (χ4v) is 2.07. The van der Waals surface area contributed by atoms with E-state index in [1.807, 2.05) is 26.0 Å². The maximum absolute atomic E-state index is 9.32. The van der Waals surface area contributed by atoms with E-state index in [4.69, 9.17) is 9.47 Å². The highest BCUT2D eigenvalue weighted by Gasteiger charge is 2.37. The maximum atomic E-state index is 9.32. The number of benzene rings is 1. The first-order valence-corrected chi connectivity index (χ1v) is 6.78. The summed E-state index contributed by atoms with van der Waals surface area (Å²) in [6.45, 7) is 7.10. The van der Waals surface area contributed by atoms with Crippen molar-refractivity contribution in [3.8, 4) is 5.75 Å². The van der Waals surface area contributed by atoms with Gasteiger partial charge in [0.25, 0.3) is 0 Å². The molecular weight excluding hydrogens is 242 g/mol. The molecule has 0 aliphatic carbocycles. The van der Waals surface area contributed by atoms with Crippen LogP contribution in [0.1, 0.15) is 19.4 Å². The first kappa shape index (κ1) is 14.3. The van der Waals surface area contributed by atoms with Gasteiger partial charge in [0.1, 0.15) is 5.75 Å². The van der Waals surface area contributed by atoms with Crippen LogP contribution in [0.2, 0.25) is 0 Å². The fraction of sp³-hybridized carbons (Fsp3) is 0.600. The van der Waals surface area contributed by atoms with Gasteiger partial charge in [-0.25, -0.2) is 0 Å². The van der Waals surface area contributed by atoms with Gasteiger partial charge < -0.3 is 19.9 Å². The van der Waals surface area contributed by atoms with Gasteiger partial charge in [-0.2, -0.15) is 0 Å². The van der Waals surface area contributed by atoms with E-state index in [1.165, 1.54) is 5.56 Å². The second-order valence-electron chi connectivity index (χ2n) is 5.57. The standard InChI is InChI=1S/C15H23NO3/c1-12(2)19-14-5-3-13(4-6-14)7-16-8-15(9-17)10-18-11-15/h3-6,12,16-17H,7-11H2,1-2H3. The van der Waals surface area contributed by atoms with E-state index >= 15 is 0 Å². The monoisotopic (exact) mass is 265 g/mol. The van der Waals surface area contributed by atoms with Crippen LogP contribution in [-0.2, 0) is 11.3 Å². The van der Waals surface area contributed by atoms with Crippen LogP contribution >= 0.6 is 0 Å². The molecule has 1 heterocycles. The lowest BCUT2D eigenvalue weighted by Gasteiger charge is -2.40. The second-order valence-corrected chi connectivity index (χ2v) is 5.57. The van der Waals surface area contributed by atoms with Crippen LogP contribution in [0.25, 0.3) is 0 Å². The summed E-state index contributed by atoms with van der Waals surface area (Å²) < 4.78 is 10.8. The molecule has 1 aliphatic rings. The van der Waals surface area contributed by atoms with Gasteiger partial charge in [0.2, 0.25) is 0 Å². The van der Waals surface area contributed by atoms with E-state index in [1.54, 1.807) is 0 Å². The fourth-order valence-electron chi connectivity index (χ4n) is 2.07. The summed E-state index contributed by atoms with van der Waals surface area (Å²) in [5.41, 5.74) is 1.14. The van der Waals surface area contributed by atoms with Crippen LogP contribution < -0.4 is 10.1 Å². The zero-order valence-electron chi connectivity index (χ0n) is 11.7. The highest BCUT2D eigenvalue weighted by atomic mass is 16.5. The molecule has 4 nitrogen and oxygen atoms in total. The minimum Gasteiger partial charge on any atom is -0.491 e. The Morgan fingerprint density at radius 1 is 1.32 bits per heavy atom. The van der Waals surface area contributed by atoms with Gasteiger partial charge in [-0.15, -0.1) is 0 Å². The van der Waals surface area contributed by atoms with Crippen molar-refractivity contribution in [3.05, 3.63) is 29.8 Å². The lowest BCUT2D eigenvalue weighted by Crippen LogP contribution is -2.52. The minimum atomic E-state index is -0.0688. The molecule has 0 unspecified atom stereocenters. The molecule has 106 valence electrons. The van der Waals surface area contributed by atoms with Gasteiger partial charge in [0.05, 0.1) is 31.3 Å². The van der Waals surface area contributed by atoms with Crippen molar-refractivity contribution in [1.29, 1.82) is 0 Å². The largest absolute Gasteiger partial charge is 0.491 e. The predicted octanol–water partition coefficient (Wildman–Crippen LogP) is 1.57. The molecular formula is C15H23NO3. The molecule has 4 heteroatoms. The van der Waals surface area contributed by atoms with Crippen LogP contribution in [0.4, 0.5) is 0 Å². The molecule has 1 aliphatic heterocycles. The van der Waals surface area contributed by atoms with E-state index in [-0.39, 0.29) is 18.1 Å². The van der Waals surface area contributed by atoms with Crippen LogP contribution in [0.3, 0.4) is 0 Å². The van der Waals surface area contributed by atoms with Crippen molar-refractivity contribution in [1.82, 2.24) is 5.32 Å². The topological polar surface area (TPSA) is 50.7 Å². The van der Waals surface area contributed by atoms with E-state index in [0.29, 0.717) is 13.2 Å². The molecule has 1 fully saturated rings. The summed E-state index contributed by atoms with van der Waals surface area (Å²) in [7, 11) is 0. The summed E-state index contributed by atoms with van der Waals surface area (Å²) in [6, 6.07) is 8.11. The Kier molecular flexibility index (Phi) is 4.80. The quantitative estimate of drug-likeness (QED) is 0.786. The Morgan fingerprint density at radius 3 is 2.47 bits per heavy atom. The van der Waals surface area contributed by atoms with Crippen molar-refractivity contribution in [3.63, 3.8) is 0 Å². The van der Waals surface area contributed by atoms with Crippen LogP contribution in [0, 0.1) is 5.41 Å². The lowest BCUT2D eigenvalue weighted by atomic mass is 9.87. The molecule has 1 aromatic rings. The summed E-state index contributed by atoms with van der Waals surface area (Å²) in [4.78, 5) is 0. The number of aliphatic hydroxyl groups is 1. The van der Waals surface area contributed by atoms with Crippen molar-refractivity contribution in [2.24, 2.45) is 5.41 Å². The SMILES string of the molecule is CC(C)Oc1ccc(CNCC2(CO)COC2)cc1. The third kappa shape index (κ3) is 3.93. The van der Waals surface area contributed by atoms with Crippen LogP contribution in [0.15, 0.2) is 24.3 Å². The Balaban J connectivity index is 1.76. The summed E-state index contributed by atoms with van der Waals surface area (Å²) in [5, 5.41) is 12.7. The van der Waals surface area contributed by atoms with Gasteiger partial charge in [0.15, 0.2) is 0 Å². The summed E-state index contributed by atoms with van der Waals surface area (Å²) >= 11 is 0. The smallest absolute Gasteiger partial charge is 0.119 e. The number of hydrogen-bond donors (Lipinski definition) is 2. The number of nitrogens with one attached hydrogen (secondary N) is 1. The highest BCUT2D eigenvalue weighted by Crippen LogP contribution is 2.25. The summed E-state index contributed by atoms with van der Waals surface area (Å²) in [6.07, 6.45) is 0.201. The molecule has 1 saturated heterocycles. The van der Waals surface area contributed by atoms with Crippen LogP contribution in [0.5, 0.6) is 5.75 Å². The van der Waals surface area contributed by atoms with Crippen molar-refractivity contribution in [2.45, 2.75) is 26.5 Å². The van der Waals surface area contributed by atoms with Gasteiger partial charge in [0, 0.05) is 13.1 Å². The molecule has 19 heavy (non-hydrogen) atoms. The van der Waals surface area contributed by atoms with E-state index in [9.17, 15) is 5.11 Å². The predicted molar refractivity (Wildman–Crippen MR) is 74.3 cm³/mol. The zero-order chi connectivity index (χ0) is 13.7. The Hall–Kier alpha value is -1.10. The normalized spacial score (nSPS) is 17.3. The van der Waals surface area contributed by atoms with Gasteiger partial charge >= 0.3 is 0 Å². The van der Waals surface area contributed by atoms with Crippen molar-refractivity contribution >= 4 is 0 Å².